The van der Waals surface area contributed by atoms with Crippen LogP contribution in [-0.2, 0) is 10.2 Å². The van der Waals surface area contributed by atoms with Gasteiger partial charge in [-0.15, -0.1) is 0 Å². The highest BCUT2D eigenvalue weighted by molar-refractivity contribution is 5.84. The van der Waals surface area contributed by atoms with E-state index in [9.17, 15) is 14.3 Å². The summed E-state index contributed by atoms with van der Waals surface area (Å²) in [4.78, 5) is 14.9. The minimum absolute atomic E-state index is 0.141. The van der Waals surface area contributed by atoms with Gasteiger partial charge in [0.1, 0.15) is 12.4 Å². The summed E-state index contributed by atoms with van der Waals surface area (Å²) in [7, 11) is 0. The number of β-amino-alcohol motifs (C(OH)–C–C–N with tert-alkyl or cyclic N) is 1. The number of nitrogens with two attached hydrogens (primary N) is 1. The van der Waals surface area contributed by atoms with Crippen molar-refractivity contribution in [3.05, 3.63) is 41.7 Å². The summed E-state index contributed by atoms with van der Waals surface area (Å²) in [5, 5.41) is 9.97. The molecule has 2 bridgehead atoms. The molecule has 29 heavy (non-hydrogen) atoms. The largest absolute Gasteiger partial charge is 0.489 e. The van der Waals surface area contributed by atoms with Crippen LogP contribution in [-0.4, -0.2) is 47.8 Å². The van der Waals surface area contributed by atoms with Crippen molar-refractivity contribution in [3.63, 3.8) is 0 Å². The molecule has 158 valence electrons. The smallest absolute Gasteiger partial charge is 0.228 e. The highest BCUT2D eigenvalue weighted by Crippen LogP contribution is 2.58. The highest BCUT2D eigenvalue weighted by Gasteiger charge is 2.55. The van der Waals surface area contributed by atoms with Gasteiger partial charge in [0.05, 0.1) is 25.0 Å². The lowest BCUT2D eigenvalue weighted by Crippen LogP contribution is -2.65. The van der Waals surface area contributed by atoms with Crippen molar-refractivity contribution in [2.75, 3.05) is 26.2 Å². The van der Waals surface area contributed by atoms with E-state index < -0.39 is 5.60 Å². The Morgan fingerprint density at radius 1 is 1.17 bits per heavy atom. The molecule has 0 unspecified atom stereocenters. The van der Waals surface area contributed by atoms with E-state index in [2.05, 4.69) is 12.1 Å². The summed E-state index contributed by atoms with van der Waals surface area (Å²) in [6.07, 6.45) is 6.32. The molecule has 0 atom stereocenters. The summed E-state index contributed by atoms with van der Waals surface area (Å²) < 4.78 is 18.2. The van der Waals surface area contributed by atoms with Crippen LogP contribution in [0.25, 0.3) is 0 Å². The Bertz CT molecular complexity index is 770. The molecular weight excluding hydrogens is 371 g/mol. The van der Waals surface area contributed by atoms with Crippen molar-refractivity contribution in [2.24, 2.45) is 11.1 Å². The van der Waals surface area contributed by atoms with Gasteiger partial charge in [-0.2, -0.15) is 0 Å². The van der Waals surface area contributed by atoms with Crippen LogP contribution >= 0.6 is 0 Å². The van der Waals surface area contributed by atoms with Crippen LogP contribution in [0, 0.1) is 5.41 Å². The molecule has 6 heteroatoms. The average molecular weight is 403 g/mol. The third-order valence-electron chi connectivity index (χ3n) is 7.36. The number of amides is 1. The predicted octanol–water partition coefficient (Wildman–Crippen LogP) is 3.06. The number of hydrogen-bond acceptors (Lipinski definition) is 4. The SMILES string of the molecule is CC1(O)CN(C(=O)C23CCC(c4ccc(OC/C(=C/F)CN)cc4)(CC2)CC3)C1. The average Bonchev–Trinajstić information content (AvgIpc) is 2.74. The van der Waals surface area contributed by atoms with Crippen LogP contribution in [0.1, 0.15) is 51.0 Å². The number of halogens is 1. The summed E-state index contributed by atoms with van der Waals surface area (Å²) >= 11 is 0. The Morgan fingerprint density at radius 3 is 2.24 bits per heavy atom. The number of carbonyl (C=O) groups excluding carboxylic acids is 1. The van der Waals surface area contributed by atoms with Crippen LogP contribution in [0.5, 0.6) is 5.75 Å². The number of nitrogens with zero attached hydrogens (tertiary/aromatic N) is 1. The van der Waals surface area contributed by atoms with E-state index in [1.54, 1.807) is 6.92 Å². The van der Waals surface area contributed by atoms with Crippen LogP contribution in [0.2, 0.25) is 0 Å². The molecule has 1 saturated heterocycles. The van der Waals surface area contributed by atoms with E-state index >= 15 is 0 Å². The van der Waals surface area contributed by atoms with Gasteiger partial charge in [0.25, 0.3) is 0 Å². The number of rotatable bonds is 6. The second-order valence-electron chi connectivity index (χ2n) is 9.50. The van der Waals surface area contributed by atoms with E-state index in [0.717, 1.165) is 38.5 Å². The Labute approximate surface area is 171 Å². The van der Waals surface area contributed by atoms with Gasteiger partial charge in [0.2, 0.25) is 5.91 Å². The van der Waals surface area contributed by atoms with E-state index in [4.69, 9.17) is 10.5 Å². The monoisotopic (exact) mass is 402 g/mol. The number of fused-ring (bicyclic) bond motifs is 3. The molecule has 4 aliphatic rings. The molecule has 3 aliphatic carbocycles. The van der Waals surface area contributed by atoms with Crippen molar-refractivity contribution in [1.82, 2.24) is 4.90 Å². The van der Waals surface area contributed by atoms with E-state index in [1.165, 1.54) is 5.56 Å². The van der Waals surface area contributed by atoms with Crippen LogP contribution in [0.15, 0.2) is 36.2 Å². The second-order valence-corrected chi connectivity index (χ2v) is 9.50. The lowest BCUT2D eigenvalue weighted by molar-refractivity contribution is -0.169. The molecule has 0 radical (unpaired) electrons. The molecule has 1 aliphatic heterocycles. The second kappa shape index (κ2) is 7.40. The summed E-state index contributed by atoms with van der Waals surface area (Å²) in [5.41, 5.74) is 6.39. The summed E-state index contributed by atoms with van der Waals surface area (Å²) in [5.74, 6) is 0.955. The molecule has 1 amide bonds. The van der Waals surface area contributed by atoms with Gasteiger partial charge in [-0.05, 0) is 68.6 Å². The minimum Gasteiger partial charge on any atom is -0.489 e. The Hall–Kier alpha value is -1.92. The molecule has 1 heterocycles. The molecule has 0 spiro atoms. The zero-order valence-corrected chi connectivity index (χ0v) is 17.1. The Kier molecular flexibility index (Phi) is 5.20. The quantitative estimate of drug-likeness (QED) is 0.767. The van der Waals surface area contributed by atoms with Crippen LogP contribution in [0.3, 0.4) is 0 Å². The zero-order valence-electron chi connectivity index (χ0n) is 17.1. The fourth-order valence-corrected chi connectivity index (χ4v) is 5.41. The van der Waals surface area contributed by atoms with Crippen LogP contribution in [0.4, 0.5) is 4.39 Å². The summed E-state index contributed by atoms with van der Waals surface area (Å²) in [6, 6.07) is 8.12. The van der Waals surface area contributed by atoms with Gasteiger partial charge in [-0.3, -0.25) is 4.79 Å². The van der Waals surface area contributed by atoms with E-state index in [1.807, 2.05) is 17.0 Å². The topological polar surface area (TPSA) is 75.8 Å². The lowest BCUT2D eigenvalue weighted by Gasteiger charge is -2.56. The highest BCUT2D eigenvalue weighted by atomic mass is 19.1. The number of ether oxygens (including phenoxy) is 1. The fraction of sp³-hybridized carbons (Fsp3) is 0.609. The normalized spacial score (nSPS) is 30.8. The van der Waals surface area contributed by atoms with Gasteiger partial charge in [-0.1, -0.05) is 12.1 Å². The minimum atomic E-state index is -0.714. The van der Waals surface area contributed by atoms with Gasteiger partial charge in [-0.25, -0.2) is 4.39 Å². The van der Waals surface area contributed by atoms with Gasteiger partial charge in [0.15, 0.2) is 0 Å². The molecule has 5 rings (SSSR count). The van der Waals surface area contributed by atoms with E-state index in [-0.39, 0.29) is 29.9 Å². The number of benzene rings is 1. The molecule has 0 aromatic heterocycles. The van der Waals surface area contributed by atoms with Gasteiger partial charge < -0.3 is 20.5 Å². The third kappa shape index (κ3) is 3.68. The first kappa shape index (κ1) is 20.4. The number of aliphatic hydroxyl groups is 1. The molecular formula is C23H31FN2O3. The number of likely N-dealkylation sites (tertiary alicyclic amines) is 1. The standard InChI is InChI=1S/C23H31FN2O3/c1-21(28)15-26(16-21)20(27)23-9-6-22(7-10-23,8-11-23)18-2-4-19(5-3-18)29-14-17(12-24)13-25/h2-5,12,28H,6-11,13-16,25H2,1H3/b17-12+. The molecule has 5 nitrogen and oxygen atoms in total. The van der Waals surface area contributed by atoms with Crippen molar-refractivity contribution in [3.8, 4) is 5.75 Å². The van der Waals surface area contributed by atoms with Crippen molar-refractivity contribution >= 4 is 5.91 Å². The Morgan fingerprint density at radius 2 is 1.76 bits per heavy atom. The maximum absolute atomic E-state index is 13.1. The van der Waals surface area contributed by atoms with E-state index in [0.29, 0.717) is 30.7 Å². The molecule has 1 aromatic rings. The molecule has 4 fully saturated rings. The third-order valence-corrected chi connectivity index (χ3v) is 7.36. The fourth-order valence-electron chi connectivity index (χ4n) is 5.41. The van der Waals surface area contributed by atoms with Gasteiger partial charge >= 0.3 is 0 Å². The number of hydrogen-bond donors (Lipinski definition) is 2. The van der Waals surface area contributed by atoms with Crippen LogP contribution < -0.4 is 10.5 Å². The maximum atomic E-state index is 13.1. The summed E-state index contributed by atoms with van der Waals surface area (Å²) in [6.45, 7) is 3.02. The van der Waals surface area contributed by atoms with Crippen molar-refractivity contribution in [1.29, 1.82) is 0 Å². The molecule has 1 aromatic carbocycles. The molecule has 3 N–H and O–H groups in total. The predicted molar refractivity (Wildman–Crippen MR) is 109 cm³/mol. The van der Waals surface area contributed by atoms with Crippen molar-refractivity contribution < 1.29 is 19.0 Å². The zero-order chi connectivity index (χ0) is 20.7. The lowest BCUT2D eigenvalue weighted by atomic mass is 9.51. The first-order valence-electron chi connectivity index (χ1n) is 10.5. The Balaban J connectivity index is 1.39. The van der Waals surface area contributed by atoms with Gasteiger partial charge in [0, 0.05) is 17.5 Å². The maximum Gasteiger partial charge on any atom is 0.228 e. The first-order chi connectivity index (χ1) is 13.8. The first-order valence-corrected chi connectivity index (χ1v) is 10.5. The van der Waals surface area contributed by atoms with Crippen molar-refractivity contribution in [2.45, 2.75) is 56.5 Å². The molecule has 3 saturated carbocycles. The number of carbonyl (C=O) groups is 1.